The number of hydrogen-bond acceptors (Lipinski definition) is 3. The van der Waals surface area contributed by atoms with Gasteiger partial charge in [0.05, 0.1) is 7.11 Å². The van der Waals surface area contributed by atoms with Gasteiger partial charge in [-0.1, -0.05) is 6.07 Å². The van der Waals surface area contributed by atoms with Crippen LogP contribution in [-0.4, -0.2) is 24.7 Å². The number of rotatable bonds is 2. The monoisotopic (exact) mass is 192 g/mol. The highest BCUT2D eigenvalue weighted by molar-refractivity contribution is 5.20. The van der Waals surface area contributed by atoms with E-state index in [9.17, 15) is 0 Å². The maximum atomic E-state index is 5.12. The third-order valence-electron chi connectivity index (χ3n) is 2.86. The predicted octanol–water partition coefficient (Wildman–Crippen LogP) is 1.56. The first kappa shape index (κ1) is 9.46. The summed E-state index contributed by atoms with van der Waals surface area (Å²) >= 11 is 0. The molecule has 3 heteroatoms. The minimum Gasteiger partial charge on any atom is -0.481 e. The van der Waals surface area contributed by atoms with Crippen molar-refractivity contribution in [3.63, 3.8) is 0 Å². The van der Waals surface area contributed by atoms with E-state index in [0.717, 1.165) is 12.2 Å². The number of nitrogens with one attached hydrogen (secondary N) is 1. The lowest BCUT2D eigenvalue weighted by Gasteiger charge is -2.14. The molecule has 0 amide bonds. The molecule has 0 aromatic carbocycles. The summed E-state index contributed by atoms with van der Waals surface area (Å²) in [4.78, 5) is 4.46. The smallest absolute Gasteiger partial charge is 0.213 e. The number of ether oxygens (including phenoxy) is 1. The normalized spacial score (nSPS) is 26.4. The Bertz CT molecular complexity index is 314. The number of pyridine rings is 1. The molecule has 14 heavy (non-hydrogen) atoms. The van der Waals surface area contributed by atoms with Gasteiger partial charge in [-0.25, -0.2) is 4.98 Å². The first-order chi connectivity index (χ1) is 6.81. The van der Waals surface area contributed by atoms with Gasteiger partial charge in [-0.05, 0) is 26.0 Å². The van der Waals surface area contributed by atoms with Gasteiger partial charge < -0.3 is 10.1 Å². The zero-order chi connectivity index (χ0) is 9.97. The molecule has 1 aromatic heterocycles. The lowest BCUT2D eigenvalue weighted by atomic mass is 9.98. The van der Waals surface area contributed by atoms with Crippen LogP contribution in [0.3, 0.4) is 0 Å². The van der Waals surface area contributed by atoms with Gasteiger partial charge in [0.1, 0.15) is 0 Å². The third kappa shape index (κ3) is 1.73. The molecule has 1 N–H and O–H groups in total. The maximum absolute atomic E-state index is 5.12. The van der Waals surface area contributed by atoms with Crippen LogP contribution in [0, 0.1) is 0 Å². The van der Waals surface area contributed by atoms with Crippen LogP contribution in [0.2, 0.25) is 0 Å². The molecule has 2 atom stereocenters. The quantitative estimate of drug-likeness (QED) is 0.772. The van der Waals surface area contributed by atoms with Crippen molar-refractivity contribution in [2.75, 3.05) is 13.7 Å². The van der Waals surface area contributed by atoms with Crippen LogP contribution in [0.15, 0.2) is 18.2 Å². The average molecular weight is 192 g/mol. The van der Waals surface area contributed by atoms with E-state index in [1.807, 2.05) is 12.1 Å². The number of hydrogen-bond donors (Lipinski definition) is 1. The molecule has 2 unspecified atom stereocenters. The summed E-state index contributed by atoms with van der Waals surface area (Å²) in [5.74, 6) is 1.24. The molecule has 1 aromatic rings. The summed E-state index contributed by atoms with van der Waals surface area (Å²) < 4.78 is 5.12. The molecular formula is C11H16N2O. The van der Waals surface area contributed by atoms with Crippen LogP contribution >= 0.6 is 0 Å². The predicted molar refractivity (Wildman–Crippen MR) is 55.6 cm³/mol. The van der Waals surface area contributed by atoms with Crippen LogP contribution in [0.25, 0.3) is 0 Å². The number of aromatic nitrogens is 1. The van der Waals surface area contributed by atoms with E-state index in [2.05, 4.69) is 23.3 Å². The van der Waals surface area contributed by atoms with Gasteiger partial charge in [-0.3, -0.25) is 0 Å². The van der Waals surface area contributed by atoms with Gasteiger partial charge in [0.2, 0.25) is 5.88 Å². The van der Waals surface area contributed by atoms with E-state index in [-0.39, 0.29) is 0 Å². The summed E-state index contributed by atoms with van der Waals surface area (Å²) in [6.45, 7) is 3.30. The lowest BCUT2D eigenvalue weighted by molar-refractivity contribution is 0.394. The Morgan fingerprint density at radius 1 is 1.50 bits per heavy atom. The Labute approximate surface area is 84.5 Å². The van der Waals surface area contributed by atoms with E-state index in [1.165, 1.54) is 6.42 Å². The molecule has 0 saturated carbocycles. The zero-order valence-corrected chi connectivity index (χ0v) is 8.66. The number of nitrogens with zero attached hydrogens (tertiary/aromatic N) is 1. The van der Waals surface area contributed by atoms with Crippen molar-refractivity contribution in [3.05, 3.63) is 23.9 Å². The molecule has 1 saturated heterocycles. The van der Waals surface area contributed by atoms with Gasteiger partial charge >= 0.3 is 0 Å². The molecule has 0 bridgehead atoms. The van der Waals surface area contributed by atoms with Gasteiger partial charge in [-0.15, -0.1) is 0 Å². The van der Waals surface area contributed by atoms with Crippen molar-refractivity contribution >= 4 is 0 Å². The fraction of sp³-hybridized carbons (Fsp3) is 0.545. The van der Waals surface area contributed by atoms with E-state index in [0.29, 0.717) is 17.8 Å². The highest BCUT2D eigenvalue weighted by atomic mass is 16.5. The Hall–Kier alpha value is -1.09. The van der Waals surface area contributed by atoms with Crippen LogP contribution in [0.4, 0.5) is 0 Å². The molecule has 3 nitrogen and oxygen atoms in total. The van der Waals surface area contributed by atoms with Crippen LogP contribution in [0.5, 0.6) is 5.88 Å². The summed E-state index contributed by atoms with van der Waals surface area (Å²) in [5, 5.41) is 3.42. The molecule has 0 spiro atoms. The first-order valence-electron chi connectivity index (χ1n) is 5.05. The largest absolute Gasteiger partial charge is 0.481 e. The molecule has 1 fully saturated rings. The lowest BCUT2D eigenvalue weighted by Crippen LogP contribution is -2.22. The molecule has 2 heterocycles. The van der Waals surface area contributed by atoms with Gasteiger partial charge in [-0.2, -0.15) is 0 Å². The fourth-order valence-corrected chi connectivity index (χ4v) is 2.01. The third-order valence-corrected chi connectivity index (χ3v) is 2.86. The zero-order valence-electron chi connectivity index (χ0n) is 8.66. The summed E-state index contributed by atoms with van der Waals surface area (Å²) in [6.07, 6.45) is 1.17. The van der Waals surface area contributed by atoms with Crippen LogP contribution in [-0.2, 0) is 0 Å². The summed E-state index contributed by atoms with van der Waals surface area (Å²) in [5.41, 5.74) is 1.14. The van der Waals surface area contributed by atoms with E-state index in [1.54, 1.807) is 7.11 Å². The highest BCUT2D eigenvalue weighted by Gasteiger charge is 2.25. The van der Waals surface area contributed by atoms with Crippen molar-refractivity contribution in [2.45, 2.75) is 25.3 Å². The van der Waals surface area contributed by atoms with Crippen molar-refractivity contribution in [3.8, 4) is 5.88 Å². The Morgan fingerprint density at radius 2 is 2.36 bits per heavy atom. The number of methoxy groups -OCH3 is 1. The summed E-state index contributed by atoms with van der Waals surface area (Å²) in [7, 11) is 1.66. The molecule has 0 aliphatic carbocycles. The second kappa shape index (κ2) is 3.96. The minimum atomic E-state index is 0.523. The van der Waals surface area contributed by atoms with Gasteiger partial charge in [0.25, 0.3) is 0 Å². The van der Waals surface area contributed by atoms with Crippen LogP contribution in [0.1, 0.15) is 25.0 Å². The van der Waals surface area contributed by atoms with Crippen molar-refractivity contribution < 1.29 is 4.74 Å². The van der Waals surface area contributed by atoms with Crippen LogP contribution < -0.4 is 10.1 Å². The maximum Gasteiger partial charge on any atom is 0.213 e. The molecule has 0 radical (unpaired) electrons. The van der Waals surface area contributed by atoms with E-state index < -0.39 is 0 Å². The standard InChI is InChI=1S/C11H16N2O/c1-8-9(6-7-12-8)10-4-3-5-11(13-10)14-2/h3-5,8-9,12H,6-7H2,1-2H3. The molecule has 76 valence electrons. The Balaban J connectivity index is 2.22. The molecule has 1 aliphatic rings. The topological polar surface area (TPSA) is 34.1 Å². The molecule has 2 rings (SSSR count). The molecule has 1 aliphatic heterocycles. The van der Waals surface area contributed by atoms with Crippen molar-refractivity contribution in [1.82, 2.24) is 10.3 Å². The highest BCUT2D eigenvalue weighted by Crippen LogP contribution is 2.26. The second-order valence-electron chi connectivity index (χ2n) is 3.74. The first-order valence-corrected chi connectivity index (χ1v) is 5.05. The second-order valence-corrected chi connectivity index (χ2v) is 3.74. The van der Waals surface area contributed by atoms with Gasteiger partial charge in [0.15, 0.2) is 0 Å². The van der Waals surface area contributed by atoms with E-state index >= 15 is 0 Å². The fourth-order valence-electron chi connectivity index (χ4n) is 2.01. The van der Waals surface area contributed by atoms with Crippen molar-refractivity contribution in [1.29, 1.82) is 0 Å². The molecular weight excluding hydrogens is 176 g/mol. The average Bonchev–Trinajstić information content (AvgIpc) is 2.65. The Morgan fingerprint density at radius 3 is 3.00 bits per heavy atom. The van der Waals surface area contributed by atoms with Gasteiger partial charge in [0, 0.05) is 23.7 Å². The van der Waals surface area contributed by atoms with Crippen molar-refractivity contribution in [2.24, 2.45) is 0 Å². The summed E-state index contributed by atoms with van der Waals surface area (Å²) in [6, 6.07) is 6.49. The SMILES string of the molecule is COc1cccc(C2CCNC2C)n1. The van der Waals surface area contributed by atoms with E-state index in [4.69, 9.17) is 4.74 Å². The Kier molecular flexibility index (Phi) is 2.68. The minimum absolute atomic E-state index is 0.523.